The summed E-state index contributed by atoms with van der Waals surface area (Å²) in [5.41, 5.74) is 0.159. The van der Waals surface area contributed by atoms with Crippen LogP contribution < -0.4 is 5.56 Å². The molecule has 0 fully saturated rings. The van der Waals surface area contributed by atoms with Gasteiger partial charge in [-0.25, -0.2) is 4.39 Å². The highest BCUT2D eigenvalue weighted by Gasteiger charge is 2.15. The van der Waals surface area contributed by atoms with Gasteiger partial charge in [-0.1, -0.05) is 12.1 Å². The number of H-pyrrole nitrogens is 1. The van der Waals surface area contributed by atoms with Gasteiger partial charge in [0, 0.05) is 16.8 Å². The lowest BCUT2D eigenvalue weighted by atomic mass is 10.00. The van der Waals surface area contributed by atoms with Crippen molar-refractivity contribution in [3.63, 3.8) is 0 Å². The Bertz CT molecular complexity index is 714. The molecule has 0 spiro atoms. The maximum Gasteiger partial charge on any atom is 0.266 e. The Labute approximate surface area is 102 Å². The summed E-state index contributed by atoms with van der Waals surface area (Å²) < 4.78 is 13.3. The van der Waals surface area contributed by atoms with E-state index >= 15 is 0 Å². The first-order valence-electron chi connectivity index (χ1n) is 5.16. The Kier molecular flexibility index (Phi) is 2.86. The Morgan fingerprint density at radius 2 is 2.11 bits per heavy atom. The lowest BCUT2D eigenvalue weighted by molar-refractivity contribution is 0.434. The Balaban J connectivity index is 2.84. The molecule has 0 saturated carbocycles. The molecule has 0 unspecified atom stereocenters. The quantitative estimate of drug-likeness (QED) is 0.806. The van der Waals surface area contributed by atoms with Crippen molar-refractivity contribution >= 4 is 0 Å². The second-order valence-electron chi connectivity index (χ2n) is 3.82. The minimum Gasteiger partial charge on any atom is -0.504 e. The second kappa shape index (κ2) is 4.34. The molecule has 4 nitrogen and oxygen atoms in total. The van der Waals surface area contributed by atoms with Crippen LogP contribution in [0.2, 0.25) is 0 Å². The molecule has 0 amide bonds. The van der Waals surface area contributed by atoms with Gasteiger partial charge in [0.2, 0.25) is 0 Å². The molecule has 0 atom stereocenters. The molecular weight excluding hydrogens is 235 g/mol. The van der Waals surface area contributed by atoms with Crippen molar-refractivity contribution in [2.24, 2.45) is 0 Å². The normalized spacial score (nSPS) is 10.1. The van der Waals surface area contributed by atoms with E-state index in [0.717, 1.165) is 6.07 Å². The van der Waals surface area contributed by atoms with Crippen molar-refractivity contribution < 1.29 is 9.50 Å². The van der Waals surface area contributed by atoms with Gasteiger partial charge in [0.15, 0.2) is 11.6 Å². The maximum atomic E-state index is 13.3. The molecule has 0 saturated heterocycles. The van der Waals surface area contributed by atoms with Crippen LogP contribution >= 0.6 is 0 Å². The van der Waals surface area contributed by atoms with Gasteiger partial charge in [0.25, 0.3) is 5.56 Å². The largest absolute Gasteiger partial charge is 0.504 e. The summed E-state index contributed by atoms with van der Waals surface area (Å²) in [6.45, 7) is 1.64. The molecule has 0 aliphatic rings. The molecule has 0 bridgehead atoms. The third-order valence-electron chi connectivity index (χ3n) is 2.56. The van der Waals surface area contributed by atoms with Gasteiger partial charge in [-0.3, -0.25) is 4.79 Å². The SMILES string of the molecule is Cc1cc(-c2cccc(F)c2O)c(C#N)c(=O)[nH]1. The van der Waals surface area contributed by atoms with Crippen LogP contribution in [-0.2, 0) is 0 Å². The minimum atomic E-state index is -0.797. The van der Waals surface area contributed by atoms with E-state index in [1.165, 1.54) is 18.2 Å². The molecule has 1 aromatic carbocycles. The van der Waals surface area contributed by atoms with Crippen molar-refractivity contribution in [1.29, 1.82) is 5.26 Å². The Morgan fingerprint density at radius 1 is 1.39 bits per heavy atom. The van der Waals surface area contributed by atoms with E-state index in [1.807, 2.05) is 0 Å². The van der Waals surface area contributed by atoms with Gasteiger partial charge in [-0.05, 0) is 19.1 Å². The number of phenolic OH excluding ortho intramolecular Hbond substituents is 1. The molecular formula is C13H9FN2O2. The van der Waals surface area contributed by atoms with Crippen LogP contribution in [-0.4, -0.2) is 10.1 Å². The van der Waals surface area contributed by atoms with Crippen LogP contribution in [0, 0.1) is 24.1 Å². The van der Waals surface area contributed by atoms with Crippen LogP contribution in [0.15, 0.2) is 29.1 Å². The van der Waals surface area contributed by atoms with Crippen molar-refractivity contribution in [2.45, 2.75) is 6.92 Å². The third kappa shape index (κ3) is 1.84. The molecule has 0 aliphatic carbocycles. The smallest absolute Gasteiger partial charge is 0.266 e. The zero-order valence-corrected chi connectivity index (χ0v) is 9.49. The fourth-order valence-corrected chi connectivity index (χ4v) is 1.74. The number of nitrogens with one attached hydrogen (secondary N) is 1. The van der Waals surface area contributed by atoms with Gasteiger partial charge in [0.05, 0.1) is 0 Å². The molecule has 2 rings (SSSR count). The number of aromatic hydroxyl groups is 1. The third-order valence-corrected chi connectivity index (χ3v) is 2.56. The standard InChI is InChI=1S/C13H9FN2O2/c1-7-5-9(10(6-15)13(18)16-7)8-3-2-4-11(14)12(8)17/h2-5,17H,1H3,(H,16,18). The number of aryl methyl sites for hydroxylation is 1. The van der Waals surface area contributed by atoms with Crippen LogP contribution in [0.4, 0.5) is 4.39 Å². The number of hydrogen-bond donors (Lipinski definition) is 2. The zero-order chi connectivity index (χ0) is 13.3. The number of hydrogen-bond acceptors (Lipinski definition) is 3. The second-order valence-corrected chi connectivity index (χ2v) is 3.82. The summed E-state index contributed by atoms with van der Waals surface area (Å²) in [6, 6.07) is 7.24. The summed E-state index contributed by atoms with van der Waals surface area (Å²) in [5, 5.41) is 18.6. The molecule has 1 aromatic heterocycles. The summed E-state index contributed by atoms with van der Waals surface area (Å²) in [6.07, 6.45) is 0. The summed E-state index contributed by atoms with van der Waals surface area (Å²) in [4.78, 5) is 14.1. The van der Waals surface area contributed by atoms with Gasteiger partial charge in [0.1, 0.15) is 11.6 Å². The molecule has 0 aliphatic heterocycles. The number of pyridine rings is 1. The van der Waals surface area contributed by atoms with E-state index in [0.29, 0.717) is 5.69 Å². The average molecular weight is 244 g/mol. The maximum absolute atomic E-state index is 13.3. The number of rotatable bonds is 1. The van der Waals surface area contributed by atoms with E-state index in [9.17, 15) is 14.3 Å². The number of para-hydroxylation sites is 1. The zero-order valence-electron chi connectivity index (χ0n) is 9.49. The molecule has 1 heterocycles. The van der Waals surface area contributed by atoms with E-state index in [2.05, 4.69) is 4.98 Å². The van der Waals surface area contributed by atoms with Gasteiger partial charge in [-0.2, -0.15) is 5.26 Å². The van der Waals surface area contributed by atoms with Crippen molar-refractivity contribution in [3.05, 3.63) is 51.7 Å². The first-order chi connectivity index (χ1) is 8.54. The highest BCUT2D eigenvalue weighted by Crippen LogP contribution is 2.32. The van der Waals surface area contributed by atoms with E-state index in [-0.39, 0.29) is 16.7 Å². The summed E-state index contributed by atoms with van der Waals surface area (Å²) in [5.74, 6) is -1.37. The summed E-state index contributed by atoms with van der Waals surface area (Å²) in [7, 11) is 0. The Morgan fingerprint density at radius 3 is 2.78 bits per heavy atom. The van der Waals surface area contributed by atoms with E-state index in [4.69, 9.17) is 5.26 Å². The van der Waals surface area contributed by atoms with Crippen LogP contribution in [0.25, 0.3) is 11.1 Å². The van der Waals surface area contributed by atoms with Crippen LogP contribution in [0.1, 0.15) is 11.3 Å². The van der Waals surface area contributed by atoms with Gasteiger partial charge >= 0.3 is 0 Å². The highest BCUT2D eigenvalue weighted by atomic mass is 19.1. The fourth-order valence-electron chi connectivity index (χ4n) is 1.74. The number of phenols is 1. The first kappa shape index (κ1) is 11.9. The number of nitrogens with zero attached hydrogens (tertiary/aromatic N) is 1. The molecule has 2 N–H and O–H groups in total. The van der Waals surface area contributed by atoms with Crippen molar-refractivity contribution in [2.75, 3.05) is 0 Å². The minimum absolute atomic E-state index is 0.126. The first-order valence-corrected chi connectivity index (χ1v) is 5.16. The average Bonchev–Trinajstić information content (AvgIpc) is 2.32. The molecule has 2 aromatic rings. The molecule has 90 valence electrons. The highest BCUT2D eigenvalue weighted by molar-refractivity contribution is 5.75. The van der Waals surface area contributed by atoms with Crippen LogP contribution in [0.3, 0.4) is 0 Å². The fraction of sp³-hybridized carbons (Fsp3) is 0.0769. The topological polar surface area (TPSA) is 76.9 Å². The van der Waals surface area contributed by atoms with Gasteiger partial charge in [-0.15, -0.1) is 0 Å². The number of nitriles is 1. The lowest BCUT2D eigenvalue weighted by Crippen LogP contribution is -2.12. The van der Waals surface area contributed by atoms with Crippen molar-refractivity contribution in [1.82, 2.24) is 4.98 Å². The van der Waals surface area contributed by atoms with E-state index in [1.54, 1.807) is 13.0 Å². The molecule has 5 heteroatoms. The van der Waals surface area contributed by atoms with E-state index < -0.39 is 17.1 Å². The predicted molar refractivity (Wildman–Crippen MR) is 63.6 cm³/mol. The summed E-state index contributed by atoms with van der Waals surface area (Å²) >= 11 is 0. The van der Waals surface area contributed by atoms with Crippen molar-refractivity contribution in [3.8, 4) is 22.9 Å². The number of aromatic amines is 1. The van der Waals surface area contributed by atoms with Gasteiger partial charge < -0.3 is 10.1 Å². The van der Waals surface area contributed by atoms with Crippen LogP contribution in [0.5, 0.6) is 5.75 Å². The Hall–Kier alpha value is -2.61. The predicted octanol–water partition coefficient (Wildman–Crippen LogP) is 2.07. The monoisotopic (exact) mass is 244 g/mol. The molecule has 18 heavy (non-hydrogen) atoms. The number of benzene rings is 1. The molecule has 0 radical (unpaired) electrons. The number of halogens is 1. The lowest BCUT2D eigenvalue weighted by Gasteiger charge is -2.07. The number of aromatic nitrogens is 1.